The van der Waals surface area contributed by atoms with Crippen LogP contribution in [0, 0.1) is 0 Å². The number of aromatic nitrogens is 5. The smallest absolute Gasteiger partial charge is 0.150 e. The number of hydrogen-bond acceptors (Lipinski definition) is 7. The second kappa shape index (κ2) is 7.21. The quantitative estimate of drug-likeness (QED) is 0.786. The summed E-state index contributed by atoms with van der Waals surface area (Å²) in [7, 11) is 0. The molecule has 0 spiro atoms. The van der Waals surface area contributed by atoms with Crippen LogP contribution in [0.4, 0.5) is 17.5 Å². The van der Waals surface area contributed by atoms with Crippen LogP contribution in [0.2, 0.25) is 0 Å². The van der Waals surface area contributed by atoms with E-state index in [1.807, 2.05) is 12.4 Å². The van der Waals surface area contributed by atoms with Crippen molar-refractivity contribution in [1.29, 1.82) is 0 Å². The third-order valence-electron chi connectivity index (χ3n) is 4.44. The molecule has 1 aliphatic heterocycles. The SMILES string of the molecule is c1cnc(Nc2cc(C3CCN(c4cnccn4)CC3)ccn2)cn1. The van der Waals surface area contributed by atoms with Gasteiger partial charge in [-0.2, -0.15) is 0 Å². The minimum Gasteiger partial charge on any atom is -0.355 e. The van der Waals surface area contributed by atoms with Crippen molar-refractivity contribution in [3.63, 3.8) is 0 Å². The van der Waals surface area contributed by atoms with E-state index in [1.54, 1.807) is 31.0 Å². The van der Waals surface area contributed by atoms with Crippen LogP contribution in [-0.2, 0) is 0 Å². The molecule has 4 heterocycles. The molecule has 4 rings (SSSR count). The average molecular weight is 333 g/mol. The highest BCUT2D eigenvalue weighted by molar-refractivity contribution is 5.51. The summed E-state index contributed by atoms with van der Waals surface area (Å²) in [4.78, 5) is 23.5. The van der Waals surface area contributed by atoms with Crippen molar-refractivity contribution >= 4 is 17.5 Å². The lowest BCUT2D eigenvalue weighted by Crippen LogP contribution is -2.33. The number of hydrogen-bond donors (Lipinski definition) is 1. The third-order valence-corrected chi connectivity index (χ3v) is 4.44. The zero-order chi connectivity index (χ0) is 16.9. The maximum atomic E-state index is 4.39. The Morgan fingerprint density at radius 1 is 0.840 bits per heavy atom. The van der Waals surface area contributed by atoms with Gasteiger partial charge in [0.05, 0.1) is 12.4 Å². The van der Waals surface area contributed by atoms with Crippen LogP contribution in [0.1, 0.15) is 24.3 Å². The summed E-state index contributed by atoms with van der Waals surface area (Å²) in [6.45, 7) is 1.97. The summed E-state index contributed by atoms with van der Waals surface area (Å²) in [6, 6.07) is 4.21. The Labute approximate surface area is 146 Å². The summed E-state index contributed by atoms with van der Waals surface area (Å²) in [5, 5.41) is 3.20. The first-order chi connectivity index (χ1) is 12.4. The number of piperidine rings is 1. The predicted molar refractivity (Wildman–Crippen MR) is 95.8 cm³/mol. The molecule has 0 radical (unpaired) electrons. The number of nitrogens with zero attached hydrogens (tertiary/aromatic N) is 6. The Morgan fingerprint density at radius 2 is 1.60 bits per heavy atom. The highest BCUT2D eigenvalue weighted by Crippen LogP contribution is 2.30. The maximum absolute atomic E-state index is 4.39. The first-order valence-corrected chi connectivity index (χ1v) is 8.38. The Balaban J connectivity index is 1.42. The van der Waals surface area contributed by atoms with Crippen LogP contribution >= 0.6 is 0 Å². The normalized spacial score (nSPS) is 15.1. The lowest BCUT2D eigenvalue weighted by Gasteiger charge is -2.32. The van der Waals surface area contributed by atoms with Gasteiger partial charge < -0.3 is 10.2 Å². The van der Waals surface area contributed by atoms with Gasteiger partial charge in [0.25, 0.3) is 0 Å². The summed E-state index contributed by atoms with van der Waals surface area (Å²) < 4.78 is 0. The first kappa shape index (κ1) is 15.4. The molecule has 0 aliphatic carbocycles. The fourth-order valence-electron chi connectivity index (χ4n) is 3.16. The van der Waals surface area contributed by atoms with Gasteiger partial charge in [-0.15, -0.1) is 0 Å². The van der Waals surface area contributed by atoms with E-state index < -0.39 is 0 Å². The molecular formula is C18H19N7. The van der Waals surface area contributed by atoms with Crippen molar-refractivity contribution in [1.82, 2.24) is 24.9 Å². The van der Waals surface area contributed by atoms with E-state index in [1.165, 1.54) is 5.56 Å². The fraction of sp³-hybridized carbons (Fsp3) is 0.278. The zero-order valence-corrected chi connectivity index (χ0v) is 13.8. The lowest BCUT2D eigenvalue weighted by atomic mass is 9.90. The number of pyridine rings is 1. The monoisotopic (exact) mass is 333 g/mol. The fourth-order valence-corrected chi connectivity index (χ4v) is 3.16. The van der Waals surface area contributed by atoms with Crippen LogP contribution in [0.5, 0.6) is 0 Å². The van der Waals surface area contributed by atoms with Crippen LogP contribution in [0.25, 0.3) is 0 Å². The van der Waals surface area contributed by atoms with Crippen molar-refractivity contribution in [2.75, 3.05) is 23.3 Å². The van der Waals surface area contributed by atoms with Gasteiger partial charge in [-0.1, -0.05) is 0 Å². The second-order valence-electron chi connectivity index (χ2n) is 6.02. The van der Waals surface area contributed by atoms with Crippen molar-refractivity contribution in [3.05, 3.63) is 61.1 Å². The van der Waals surface area contributed by atoms with Gasteiger partial charge in [-0.3, -0.25) is 9.97 Å². The summed E-state index contributed by atoms with van der Waals surface area (Å²) in [5.41, 5.74) is 1.31. The van der Waals surface area contributed by atoms with E-state index in [2.05, 4.69) is 47.3 Å². The molecular weight excluding hydrogens is 314 g/mol. The van der Waals surface area contributed by atoms with Crippen molar-refractivity contribution in [2.45, 2.75) is 18.8 Å². The number of rotatable bonds is 4. The molecule has 1 saturated heterocycles. The van der Waals surface area contributed by atoms with Gasteiger partial charge in [0.1, 0.15) is 17.5 Å². The van der Waals surface area contributed by atoms with Gasteiger partial charge in [0.2, 0.25) is 0 Å². The van der Waals surface area contributed by atoms with E-state index in [0.29, 0.717) is 11.7 Å². The van der Waals surface area contributed by atoms with E-state index in [-0.39, 0.29) is 0 Å². The largest absolute Gasteiger partial charge is 0.355 e. The molecule has 25 heavy (non-hydrogen) atoms. The number of anilines is 3. The highest BCUT2D eigenvalue weighted by Gasteiger charge is 2.21. The van der Waals surface area contributed by atoms with Crippen molar-refractivity contribution < 1.29 is 0 Å². The van der Waals surface area contributed by atoms with E-state index in [0.717, 1.165) is 37.6 Å². The molecule has 0 saturated carbocycles. The topological polar surface area (TPSA) is 79.7 Å². The van der Waals surface area contributed by atoms with Gasteiger partial charge in [0, 0.05) is 44.1 Å². The molecule has 3 aromatic heterocycles. The second-order valence-corrected chi connectivity index (χ2v) is 6.02. The van der Waals surface area contributed by atoms with E-state index in [9.17, 15) is 0 Å². The van der Waals surface area contributed by atoms with Gasteiger partial charge >= 0.3 is 0 Å². The molecule has 3 aromatic rings. The lowest BCUT2D eigenvalue weighted by molar-refractivity contribution is 0.502. The molecule has 0 amide bonds. The molecule has 1 aliphatic rings. The van der Waals surface area contributed by atoms with Gasteiger partial charge in [0.15, 0.2) is 0 Å². The number of nitrogens with one attached hydrogen (secondary N) is 1. The predicted octanol–water partition coefficient (Wildman–Crippen LogP) is 2.79. The first-order valence-electron chi connectivity index (χ1n) is 8.38. The Hall–Kier alpha value is -3.09. The van der Waals surface area contributed by atoms with Gasteiger partial charge in [-0.25, -0.2) is 15.0 Å². The Morgan fingerprint density at radius 3 is 2.32 bits per heavy atom. The molecule has 0 bridgehead atoms. The van der Waals surface area contributed by atoms with E-state index >= 15 is 0 Å². The molecule has 126 valence electrons. The average Bonchev–Trinajstić information content (AvgIpc) is 2.70. The summed E-state index contributed by atoms with van der Waals surface area (Å²) in [6.07, 6.45) is 14.3. The molecule has 0 unspecified atom stereocenters. The molecule has 7 heteroatoms. The Kier molecular flexibility index (Phi) is 4.45. The van der Waals surface area contributed by atoms with E-state index in [4.69, 9.17) is 0 Å². The van der Waals surface area contributed by atoms with Gasteiger partial charge in [-0.05, 0) is 36.5 Å². The minimum absolute atomic E-state index is 0.526. The van der Waals surface area contributed by atoms with Crippen molar-refractivity contribution in [2.24, 2.45) is 0 Å². The summed E-state index contributed by atoms with van der Waals surface area (Å²) in [5.74, 6) is 2.98. The third kappa shape index (κ3) is 3.71. The Bertz CT molecular complexity index is 802. The van der Waals surface area contributed by atoms with Crippen LogP contribution in [0.15, 0.2) is 55.5 Å². The summed E-state index contributed by atoms with van der Waals surface area (Å²) >= 11 is 0. The van der Waals surface area contributed by atoms with Crippen LogP contribution in [0.3, 0.4) is 0 Å². The van der Waals surface area contributed by atoms with Crippen LogP contribution < -0.4 is 10.2 Å². The molecule has 1 fully saturated rings. The maximum Gasteiger partial charge on any atom is 0.150 e. The molecule has 7 nitrogen and oxygen atoms in total. The zero-order valence-electron chi connectivity index (χ0n) is 13.8. The van der Waals surface area contributed by atoms with Crippen molar-refractivity contribution in [3.8, 4) is 0 Å². The van der Waals surface area contributed by atoms with Crippen LogP contribution in [-0.4, -0.2) is 38.0 Å². The highest BCUT2D eigenvalue weighted by atomic mass is 15.2. The minimum atomic E-state index is 0.526. The molecule has 0 aromatic carbocycles. The molecule has 1 N–H and O–H groups in total. The standard InChI is InChI=1S/C18H19N7/c1-4-21-16(24-17-12-19-5-7-22-17)11-15(1)14-2-9-25(10-3-14)18-13-20-6-8-23-18/h1,4-8,11-14H,2-3,9-10H2,(H,21,22,24). The molecule has 0 atom stereocenters.